The van der Waals surface area contributed by atoms with Crippen molar-refractivity contribution < 1.29 is 65.9 Å². The molecule has 2 saturated carbocycles. The molecule has 2 aliphatic carbocycles. The van der Waals surface area contributed by atoms with Crippen LogP contribution in [0.3, 0.4) is 0 Å². The molecule has 22 nitrogen and oxygen atoms in total. The highest BCUT2D eigenvalue weighted by Crippen LogP contribution is 2.35. The van der Waals surface area contributed by atoms with Crippen LogP contribution in [0.4, 0.5) is 13.2 Å². The van der Waals surface area contributed by atoms with Gasteiger partial charge < -0.3 is 56.0 Å². The molecule has 11 amide bonds. The highest BCUT2D eigenvalue weighted by molar-refractivity contribution is 6.30. The van der Waals surface area contributed by atoms with Gasteiger partial charge in [0.05, 0.1) is 31.1 Å². The minimum atomic E-state index is -4.63. The summed E-state index contributed by atoms with van der Waals surface area (Å²) >= 11 is 6.22. The van der Waals surface area contributed by atoms with Crippen molar-refractivity contribution in [2.75, 3.05) is 61.9 Å². The minimum absolute atomic E-state index is 0.0306. The first kappa shape index (κ1) is 77.4. The van der Waals surface area contributed by atoms with E-state index in [1.165, 1.54) is 64.2 Å². The Balaban J connectivity index is 1.60. The molecule has 1 spiro atoms. The van der Waals surface area contributed by atoms with Crippen LogP contribution in [-0.4, -0.2) is 204 Å². The molecular formula is C68H101ClF3N11O11. The van der Waals surface area contributed by atoms with Gasteiger partial charge in [0.25, 0.3) is 0 Å². The summed E-state index contributed by atoms with van der Waals surface area (Å²) in [5, 5.41) is 15.1. The maximum absolute atomic E-state index is 15.3. The fourth-order valence-corrected chi connectivity index (χ4v) is 12.8. The fraction of sp³-hybridized carbons (Fsp3) is 0.662. The molecule has 0 radical (unpaired) electrons. The Kier molecular flexibility index (Phi) is 28.3. The van der Waals surface area contributed by atoms with Crippen molar-refractivity contribution in [2.24, 2.45) is 29.6 Å². The van der Waals surface area contributed by atoms with E-state index in [1.807, 2.05) is 34.6 Å². The number of halogens is 4. The molecule has 3 aliphatic rings. The lowest BCUT2D eigenvalue weighted by atomic mass is 9.83. The van der Waals surface area contributed by atoms with E-state index in [0.717, 1.165) is 31.7 Å². The van der Waals surface area contributed by atoms with E-state index in [1.54, 1.807) is 45.0 Å². The van der Waals surface area contributed by atoms with Gasteiger partial charge >= 0.3 is 6.18 Å². The Labute approximate surface area is 557 Å². The number of hydrogen-bond acceptors (Lipinski definition) is 11. The normalized spacial score (nSPS) is 25.4. The van der Waals surface area contributed by atoms with Gasteiger partial charge in [-0.05, 0) is 110 Å². The van der Waals surface area contributed by atoms with Crippen LogP contribution >= 0.6 is 11.6 Å². The van der Waals surface area contributed by atoms with E-state index in [0.29, 0.717) is 61.1 Å². The van der Waals surface area contributed by atoms with Crippen molar-refractivity contribution >= 4 is 76.6 Å². The molecule has 3 fully saturated rings. The largest absolute Gasteiger partial charge is 0.416 e. The van der Waals surface area contributed by atoms with Gasteiger partial charge in [0.15, 0.2) is 0 Å². The maximum Gasteiger partial charge on any atom is 0.416 e. The lowest BCUT2D eigenvalue weighted by Gasteiger charge is -2.40. The van der Waals surface area contributed by atoms with Gasteiger partial charge in [-0.15, -0.1) is 0 Å². The number of aryl methyl sites for hydroxylation is 1. The van der Waals surface area contributed by atoms with Gasteiger partial charge in [-0.2, -0.15) is 13.2 Å². The second-order valence-electron chi connectivity index (χ2n) is 27.4. The predicted molar refractivity (Wildman–Crippen MR) is 350 cm³/mol. The first-order chi connectivity index (χ1) is 44.0. The second kappa shape index (κ2) is 34.4. The molecule has 9 atom stereocenters. The number of benzene rings is 2. The average Bonchev–Trinajstić information content (AvgIpc) is 1.47. The van der Waals surface area contributed by atoms with Crippen LogP contribution in [0.1, 0.15) is 149 Å². The Morgan fingerprint density at radius 2 is 1.10 bits per heavy atom. The molecule has 1 saturated heterocycles. The SMILES string of the molecule is CC[C@H](C)[C@@H]1NC(=O)[C@H](C(C)C)NC(=O)[C@@H]2CCCC[C@H]2NC(=O)[C@H](CC(C)C)N(C)C(=O)C2(CCCC2)NC(=O)[C@H](CC(C)C)N(C)C(=O)[C@H](CCc2ccc(C(F)(F)F)cc2)NC(=O)CN(C)C(=O)[C@H](Cc2ccc(Cl)cc2)N(C)C(=O)CN(C)C(=O)CN(C)C1=O. The third kappa shape index (κ3) is 20.8. The Hall–Kier alpha value is -7.31. The van der Waals surface area contributed by atoms with Gasteiger partial charge in [0.1, 0.15) is 41.8 Å². The highest BCUT2D eigenvalue weighted by atomic mass is 35.5. The van der Waals surface area contributed by atoms with Crippen molar-refractivity contribution in [1.29, 1.82) is 0 Å². The van der Waals surface area contributed by atoms with Gasteiger partial charge in [0.2, 0.25) is 65.0 Å². The van der Waals surface area contributed by atoms with Crippen LogP contribution in [-0.2, 0) is 71.8 Å². The third-order valence-corrected chi connectivity index (χ3v) is 19.0. The number of nitrogens with zero attached hydrogens (tertiary/aromatic N) is 6. The van der Waals surface area contributed by atoms with Crippen LogP contribution in [0.2, 0.25) is 5.02 Å². The molecule has 5 N–H and O–H groups in total. The second-order valence-corrected chi connectivity index (χ2v) is 27.8. The first-order valence-electron chi connectivity index (χ1n) is 33.0. The molecule has 0 bridgehead atoms. The highest BCUT2D eigenvalue weighted by Gasteiger charge is 2.49. The van der Waals surface area contributed by atoms with Crippen LogP contribution in [0.25, 0.3) is 0 Å². The number of rotatable bonds is 12. The summed E-state index contributed by atoms with van der Waals surface area (Å²) in [6.45, 7) is 12.8. The summed E-state index contributed by atoms with van der Waals surface area (Å²) < 4.78 is 41.0. The predicted octanol–water partition coefficient (Wildman–Crippen LogP) is 5.76. The van der Waals surface area contributed by atoms with Crippen molar-refractivity contribution in [3.8, 4) is 0 Å². The summed E-state index contributed by atoms with van der Waals surface area (Å²) in [7, 11) is 8.29. The molecule has 5 rings (SSSR count). The summed E-state index contributed by atoms with van der Waals surface area (Å²) in [5.74, 6) is -9.32. The van der Waals surface area contributed by atoms with E-state index in [9.17, 15) is 51.5 Å². The zero-order chi connectivity index (χ0) is 70.3. The van der Waals surface area contributed by atoms with Crippen molar-refractivity contribution in [1.82, 2.24) is 56.0 Å². The van der Waals surface area contributed by atoms with E-state index in [-0.39, 0.29) is 56.8 Å². The first-order valence-corrected chi connectivity index (χ1v) is 33.3. The van der Waals surface area contributed by atoms with Crippen LogP contribution in [0.15, 0.2) is 48.5 Å². The van der Waals surface area contributed by atoms with Gasteiger partial charge in [-0.25, -0.2) is 0 Å². The molecule has 0 aromatic heterocycles. The summed E-state index contributed by atoms with van der Waals surface area (Å²) in [6.07, 6.45) is -0.690. The smallest absolute Gasteiger partial charge is 0.351 e. The monoisotopic (exact) mass is 1340 g/mol. The molecule has 522 valence electrons. The number of nitrogens with one attached hydrogen (secondary N) is 5. The lowest BCUT2D eigenvalue weighted by molar-refractivity contribution is -0.149. The standard InChI is InChI=1S/C68H101ClF3N11O11/c1-15-43(8)58-65(93)80(11)38-55(85)78(9)39-56(86)81(12)53(36-45-24-29-47(69)30-25-45)64(92)79(10)37-54(84)73-50(31-26-44-22-27-46(28-23-44)68(70,71)72)63(91)82(13)52(35-41(4)5)61(89)77-67(32-18-19-33-67)66(94)83(14)51(34-40(2)3)60(88)74-49-21-17-16-20-48(49)59(87)75-57(42(6)7)62(90)76-58/h22-25,27-30,40-43,48-53,57-58H,15-21,26,31-39H2,1-14H3,(H,73,84)(H,74,88)(H,75,87)(H,76,90)(H,77,89)/t43-,48+,49+,50-,51-,52-,53-,57-,58-/m0/s1. The Morgan fingerprint density at radius 1 is 0.553 bits per heavy atom. The maximum atomic E-state index is 15.3. The number of alkyl halides is 3. The molecule has 0 unspecified atom stereocenters. The van der Waals surface area contributed by atoms with E-state index < -0.39 is 162 Å². The van der Waals surface area contributed by atoms with Crippen LogP contribution in [0.5, 0.6) is 0 Å². The Morgan fingerprint density at radius 3 is 1.66 bits per heavy atom. The molecule has 26 heteroatoms. The Bertz CT molecular complexity index is 3000. The lowest BCUT2D eigenvalue weighted by Crippen LogP contribution is -2.64. The van der Waals surface area contributed by atoms with Crippen LogP contribution in [0, 0.1) is 29.6 Å². The quantitative estimate of drug-likeness (QED) is 0.171. The third-order valence-electron chi connectivity index (χ3n) is 18.7. The number of hydrogen-bond donors (Lipinski definition) is 5. The van der Waals surface area contributed by atoms with Crippen molar-refractivity contribution in [2.45, 2.75) is 199 Å². The van der Waals surface area contributed by atoms with Crippen LogP contribution < -0.4 is 26.6 Å². The summed E-state index contributed by atoms with van der Waals surface area (Å²) in [6, 6.07) is 2.71. The van der Waals surface area contributed by atoms with E-state index >= 15 is 14.4 Å². The number of carbonyl (C=O) groups excluding carboxylic acids is 11. The van der Waals surface area contributed by atoms with Gasteiger partial charge in [-0.1, -0.05) is 123 Å². The molecule has 1 heterocycles. The fourth-order valence-electron chi connectivity index (χ4n) is 12.6. The topological polar surface area (TPSA) is 267 Å². The summed E-state index contributed by atoms with van der Waals surface area (Å²) in [5.41, 5.74) is -1.47. The minimum Gasteiger partial charge on any atom is -0.351 e. The molecule has 1 aliphatic heterocycles. The zero-order valence-electron chi connectivity index (χ0n) is 57.3. The van der Waals surface area contributed by atoms with Crippen molar-refractivity contribution in [3.63, 3.8) is 0 Å². The summed E-state index contributed by atoms with van der Waals surface area (Å²) in [4.78, 5) is 168. The van der Waals surface area contributed by atoms with Gasteiger partial charge in [0, 0.05) is 59.8 Å². The number of amides is 11. The number of fused-ring (bicyclic) bond motifs is 1. The van der Waals surface area contributed by atoms with E-state index in [2.05, 4.69) is 26.6 Å². The van der Waals surface area contributed by atoms with Crippen molar-refractivity contribution in [3.05, 3.63) is 70.2 Å². The number of carbonyl (C=O) groups is 11. The zero-order valence-corrected chi connectivity index (χ0v) is 58.0. The average molecular weight is 1340 g/mol. The molecular weight excluding hydrogens is 1240 g/mol. The van der Waals surface area contributed by atoms with Gasteiger partial charge in [-0.3, -0.25) is 52.7 Å². The molecule has 2 aromatic carbocycles. The number of likely N-dealkylation sites (N-methyl/N-ethyl adjacent to an activating group) is 6. The van der Waals surface area contributed by atoms with E-state index in [4.69, 9.17) is 11.6 Å². The molecule has 94 heavy (non-hydrogen) atoms. The molecule has 2 aromatic rings.